The molecule has 2 aromatic rings. The van der Waals surface area contributed by atoms with Crippen molar-refractivity contribution in [1.82, 2.24) is 9.88 Å². The minimum Gasteiger partial charge on any atom is -0.472 e. The zero-order valence-electron chi connectivity index (χ0n) is 13.4. The fourth-order valence-electron chi connectivity index (χ4n) is 2.51. The first-order valence-corrected chi connectivity index (χ1v) is 8.84. The predicted molar refractivity (Wildman–Crippen MR) is 91.7 cm³/mol. The van der Waals surface area contributed by atoms with Crippen molar-refractivity contribution >= 4 is 17.7 Å². The molecule has 1 aromatic carbocycles. The van der Waals surface area contributed by atoms with E-state index in [4.69, 9.17) is 4.74 Å². The molecule has 1 aliphatic rings. The average Bonchev–Trinajstić information content (AvgIpc) is 3.05. The molecule has 126 valence electrons. The van der Waals surface area contributed by atoms with E-state index in [0.717, 1.165) is 16.9 Å². The second kappa shape index (κ2) is 7.66. The molecule has 0 bridgehead atoms. The molecule has 1 aliphatic heterocycles. The number of likely N-dealkylation sites (tertiary alicyclic amines) is 1. The molecular formula is C18H19FN2O2S. The second-order valence-electron chi connectivity index (χ2n) is 5.78. The summed E-state index contributed by atoms with van der Waals surface area (Å²) in [6.07, 6.45) is 2.56. The van der Waals surface area contributed by atoms with Gasteiger partial charge in [0.2, 0.25) is 11.8 Å². The van der Waals surface area contributed by atoms with Crippen LogP contribution in [0.2, 0.25) is 0 Å². The van der Waals surface area contributed by atoms with Gasteiger partial charge < -0.3 is 9.64 Å². The van der Waals surface area contributed by atoms with Crippen molar-refractivity contribution in [3.05, 3.63) is 54.0 Å². The van der Waals surface area contributed by atoms with Gasteiger partial charge in [-0.3, -0.25) is 4.79 Å². The van der Waals surface area contributed by atoms with E-state index in [1.807, 2.05) is 24.0 Å². The van der Waals surface area contributed by atoms with Gasteiger partial charge in [0.1, 0.15) is 11.9 Å². The average molecular weight is 346 g/mol. The zero-order valence-corrected chi connectivity index (χ0v) is 14.3. The van der Waals surface area contributed by atoms with Crippen LogP contribution in [0.15, 0.2) is 47.5 Å². The molecule has 1 atom stereocenters. The molecule has 2 heterocycles. The molecule has 4 nitrogen and oxygen atoms in total. The summed E-state index contributed by atoms with van der Waals surface area (Å²) in [5.74, 6) is 0.754. The molecule has 0 unspecified atom stereocenters. The Hall–Kier alpha value is -2.08. The van der Waals surface area contributed by atoms with Gasteiger partial charge in [-0.1, -0.05) is 6.07 Å². The molecule has 1 fully saturated rings. The van der Waals surface area contributed by atoms with Crippen molar-refractivity contribution in [2.45, 2.75) is 24.3 Å². The Kier molecular flexibility index (Phi) is 5.35. The summed E-state index contributed by atoms with van der Waals surface area (Å²) >= 11 is 1.42. The summed E-state index contributed by atoms with van der Waals surface area (Å²) < 4.78 is 18.7. The van der Waals surface area contributed by atoms with E-state index in [1.54, 1.807) is 18.3 Å². The maximum absolute atomic E-state index is 12.9. The van der Waals surface area contributed by atoms with Crippen LogP contribution in [0, 0.1) is 12.7 Å². The van der Waals surface area contributed by atoms with Crippen molar-refractivity contribution in [2.75, 3.05) is 18.8 Å². The highest BCUT2D eigenvalue weighted by atomic mass is 32.2. The molecule has 1 aromatic heterocycles. The Morgan fingerprint density at radius 1 is 1.33 bits per heavy atom. The zero-order chi connectivity index (χ0) is 16.9. The van der Waals surface area contributed by atoms with Gasteiger partial charge in [-0.05, 0) is 36.8 Å². The number of thioether (sulfide) groups is 1. The van der Waals surface area contributed by atoms with Gasteiger partial charge in [0.25, 0.3) is 0 Å². The van der Waals surface area contributed by atoms with E-state index < -0.39 is 0 Å². The molecule has 0 radical (unpaired) electrons. The van der Waals surface area contributed by atoms with Crippen LogP contribution in [0.5, 0.6) is 5.88 Å². The topological polar surface area (TPSA) is 42.4 Å². The minimum absolute atomic E-state index is 0.0139. The molecule has 24 heavy (non-hydrogen) atoms. The van der Waals surface area contributed by atoms with Crippen LogP contribution in [-0.2, 0) is 4.79 Å². The summed E-state index contributed by atoms with van der Waals surface area (Å²) in [5, 5.41) is 0. The van der Waals surface area contributed by atoms with Gasteiger partial charge in [-0.25, -0.2) is 9.37 Å². The number of nitrogens with zero attached hydrogens (tertiary/aromatic N) is 2. The van der Waals surface area contributed by atoms with Crippen LogP contribution in [-0.4, -0.2) is 40.7 Å². The number of aryl methyl sites for hydroxylation is 1. The molecular weight excluding hydrogens is 327 g/mol. The third-order valence-electron chi connectivity index (χ3n) is 3.85. The highest BCUT2D eigenvalue weighted by molar-refractivity contribution is 8.00. The standard InChI is InChI=1S/C18H19FN2O2S/c1-13-2-7-17(20-10-13)23-15-8-9-21(11-15)18(22)12-24-16-5-3-14(19)4-6-16/h2-7,10,15H,8-9,11-12H2,1H3/t15-/m1/s1. The Bertz CT molecular complexity index is 691. The maximum Gasteiger partial charge on any atom is 0.233 e. The van der Waals surface area contributed by atoms with E-state index in [-0.39, 0.29) is 17.8 Å². The van der Waals surface area contributed by atoms with Gasteiger partial charge in [0.05, 0.1) is 12.3 Å². The van der Waals surface area contributed by atoms with Crippen LogP contribution in [0.3, 0.4) is 0 Å². The fraction of sp³-hybridized carbons (Fsp3) is 0.333. The number of hydrogen-bond acceptors (Lipinski definition) is 4. The SMILES string of the molecule is Cc1ccc(O[C@@H]2CCN(C(=O)CSc3ccc(F)cc3)C2)nc1. The highest BCUT2D eigenvalue weighted by Crippen LogP contribution is 2.21. The first-order valence-electron chi connectivity index (χ1n) is 7.85. The normalized spacial score (nSPS) is 17.1. The lowest BCUT2D eigenvalue weighted by molar-refractivity contribution is -0.127. The van der Waals surface area contributed by atoms with Crippen molar-refractivity contribution in [3.63, 3.8) is 0 Å². The van der Waals surface area contributed by atoms with E-state index in [1.165, 1.54) is 23.9 Å². The summed E-state index contributed by atoms with van der Waals surface area (Å²) in [5.41, 5.74) is 1.09. The van der Waals surface area contributed by atoms with E-state index in [0.29, 0.717) is 24.7 Å². The van der Waals surface area contributed by atoms with Crippen LogP contribution in [0.25, 0.3) is 0 Å². The first kappa shape index (κ1) is 16.8. The number of halogens is 1. The lowest BCUT2D eigenvalue weighted by Crippen LogP contribution is -2.32. The summed E-state index contributed by atoms with van der Waals surface area (Å²) in [6.45, 7) is 3.25. The molecule has 3 rings (SSSR count). The van der Waals surface area contributed by atoms with Gasteiger partial charge in [0.15, 0.2) is 0 Å². The van der Waals surface area contributed by atoms with Crippen LogP contribution < -0.4 is 4.74 Å². The fourth-order valence-corrected chi connectivity index (χ4v) is 3.31. The first-order chi connectivity index (χ1) is 11.6. The number of pyridine rings is 1. The van der Waals surface area contributed by atoms with Gasteiger partial charge in [-0.15, -0.1) is 11.8 Å². The van der Waals surface area contributed by atoms with Crippen LogP contribution >= 0.6 is 11.8 Å². The third-order valence-corrected chi connectivity index (χ3v) is 4.84. The Balaban J connectivity index is 1.46. The van der Waals surface area contributed by atoms with Crippen molar-refractivity contribution in [1.29, 1.82) is 0 Å². The number of ether oxygens (including phenoxy) is 1. The molecule has 0 N–H and O–H groups in total. The lowest BCUT2D eigenvalue weighted by Gasteiger charge is -2.17. The van der Waals surface area contributed by atoms with Gasteiger partial charge in [0, 0.05) is 30.1 Å². The van der Waals surface area contributed by atoms with Crippen LogP contribution in [0.1, 0.15) is 12.0 Å². The smallest absolute Gasteiger partial charge is 0.233 e. The van der Waals surface area contributed by atoms with Gasteiger partial charge >= 0.3 is 0 Å². The molecule has 0 aliphatic carbocycles. The molecule has 0 spiro atoms. The van der Waals surface area contributed by atoms with Crippen molar-refractivity contribution in [3.8, 4) is 5.88 Å². The number of rotatable bonds is 5. The van der Waals surface area contributed by atoms with E-state index >= 15 is 0 Å². The maximum atomic E-state index is 12.9. The van der Waals surface area contributed by atoms with E-state index in [2.05, 4.69) is 4.98 Å². The minimum atomic E-state index is -0.269. The van der Waals surface area contributed by atoms with Crippen molar-refractivity contribution < 1.29 is 13.9 Å². The summed E-state index contributed by atoms with van der Waals surface area (Å²) in [4.78, 5) is 19.2. The number of carbonyl (C=O) groups excluding carboxylic acids is 1. The molecule has 0 saturated carbocycles. The number of amides is 1. The quantitative estimate of drug-likeness (QED) is 0.779. The number of benzene rings is 1. The van der Waals surface area contributed by atoms with E-state index in [9.17, 15) is 9.18 Å². The summed E-state index contributed by atoms with van der Waals surface area (Å²) in [7, 11) is 0. The number of hydrogen-bond donors (Lipinski definition) is 0. The second-order valence-corrected chi connectivity index (χ2v) is 6.83. The Morgan fingerprint density at radius 3 is 2.83 bits per heavy atom. The Morgan fingerprint density at radius 2 is 2.12 bits per heavy atom. The Labute approximate surface area is 145 Å². The van der Waals surface area contributed by atoms with Crippen LogP contribution in [0.4, 0.5) is 4.39 Å². The van der Waals surface area contributed by atoms with Gasteiger partial charge in [-0.2, -0.15) is 0 Å². The number of aromatic nitrogens is 1. The monoisotopic (exact) mass is 346 g/mol. The summed E-state index contributed by atoms with van der Waals surface area (Å²) in [6, 6.07) is 9.99. The predicted octanol–water partition coefficient (Wildman–Crippen LogP) is 3.30. The number of carbonyl (C=O) groups is 1. The highest BCUT2D eigenvalue weighted by Gasteiger charge is 2.27. The molecule has 1 amide bonds. The molecule has 6 heteroatoms. The third kappa shape index (κ3) is 4.47. The molecule has 1 saturated heterocycles. The lowest BCUT2D eigenvalue weighted by atomic mass is 10.3. The largest absolute Gasteiger partial charge is 0.472 e. The van der Waals surface area contributed by atoms with Crippen molar-refractivity contribution in [2.24, 2.45) is 0 Å².